The molecule has 0 bridgehead atoms. The topological polar surface area (TPSA) is 59.1 Å². The standard InChI is InChI=1S/C12H17FN2O2S/c1-12(2)4-3-10(6-12)15-18(16,17)11-5-9(13)7-14-8-11/h5,7-8,10,15H,3-4,6H2,1-2H3. The first-order valence-electron chi connectivity index (χ1n) is 5.91. The molecule has 100 valence electrons. The molecule has 6 heteroatoms. The van der Waals surface area contributed by atoms with Crippen LogP contribution in [-0.2, 0) is 10.0 Å². The second-order valence-electron chi connectivity index (χ2n) is 5.56. The summed E-state index contributed by atoms with van der Waals surface area (Å²) < 4.78 is 39.7. The monoisotopic (exact) mass is 272 g/mol. The molecule has 1 heterocycles. The van der Waals surface area contributed by atoms with Crippen LogP contribution < -0.4 is 4.72 Å². The molecule has 1 N–H and O–H groups in total. The lowest BCUT2D eigenvalue weighted by molar-refractivity contribution is 0.372. The number of nitrogens with zero attached hydrogens (tertiary/aromatic N) is 1. The van der Waals surface area contributed by atoms with Crippen molar-refractivity contribution in [1.29, 1.82) is 0 Å². The van der Waals surface area contributed by atoms with Crippen molar-refractivity contribution >= 4 is 10.0 Å². The molecule has 18 heavy (non-hydrogen) atoms. The zero-order valence-electron chi connectivity index (χ0n) is 10.5. The largest absolute Gasteiger partial charge is 0.260 e. The van der Waals surface area contributed by atoms with E-state index in [9.17, 15) is 12.8 Å². The van der Waals surface area contributed by atoms with Crippen molar-refractivity contribution in [2.75, 3.05) is 0 Å². The van der Waals surface area contributed by atoms with E-state index in [1.165, 1.54) is 0 Å². The lowest BCUT2D eigenvalue weighted by atomic mass is 9.92. The van der Waals surface area contributed by atoms with Crippen LogP contribution in [0.3, 0.4) is 0 Å². The summed E-state index contributed by atoms with van der Waals surface area (Å²) in [6.45, 7) is 4.23. The van der Waals surface area contributed by atoms with Crippen LogP contribution in [0.4, 0.5) is 4.39 Å². The summed E-state index contributed by atoms with van der Waals surface area (Å²) in [7, 11) is -3.67. The highest BCUT2D eigenvalue weighted by Gasteiger charge is 2.33. The smallest absolute Gasteiger partial charge is 0.242 e. The Kier molecular flexibility index (Phi) is 3.42. The molecule has 1 aromatic rings. The van der Waals surface area contributed by atoms with E-state index in [1.54, 1.807) is 0 Å². The number of sulfonamides is 1. The number of hydrogen-bond acceptors (Lipinski definition) is 3. The SMILES string of the molecule is CC1(C)CCC(NS(=O)(=O)c2cncc(F)c2)C1. The van der Waals surface area contributed by atoms with Gasteiger partial charge in [-0.2, -0.15) is 0 Å². The molecule has 1 unspecified atom stereocenters. The van der Waals surface area contributed by atoms with Gasteiger partial charge in [-0.25, -0.2) is 17.5 Å². The molecule has 1 fully saturated rings. The van der Waals surface area contributed by atoms with Crippen molar-refractivity contribution in [2.45, 2.75) is 44.0 Å². The highest BCUT2D eigenvalue weighted by atomic mass is 32.2. The predicted octanol–water partition coefficient (Wildman–Crippen LogP) is 2.08. The van der Waals surface area contributed by atoms with Gasteiger partial charge in [-0.3, -0.25) is 4.98 Å². The van der Waals surface area contributed by atoms with Gasteiger partial charge in [0.2, 0.25) is 10.0 Å². The van der Waals surface area contributed by atoms with Crippen LogP contribution in [0.25, 0.3) is 0 Å². The Hall–Kier alpha value is -1.01. The lowest BCUT2D eigenvalue weighted by Gasteiger charge is -2.17. The first-order valence-corrected chi connectivity index (χ1v) is 7.40. The Morgan fingerprint density at radius 1 is 1.44 bits per heavy atom. The Morgan fingerprint density at radius 2 is 2.17 bits per heavy atom. The molecule has 1 aliphatic carbocycles. The Bertz CT molecular complexity index is 543. The molecule has 4 nitrogen and oxygen atoms in total. The van der Waals surface area contributed by atoms with Crippen LogP contribution in [0.2, 0.25) is 0 Å². The average molecular weight is 272 g/mol. The zero-order chi connectivity index (χ0) is 13.4. The summed E-state index contributed by atoms with van der Waals surface area (Å²) in [5.74, 6) is -0.648. The van der Waals surface area contributed by atoms with Gasteiger partial charge in [-0.15, -0.1) is 0 Å². The summed E-state index contributed by atoms with van der Waals surface area (Å²) >= 11 is 0. The molecule has 0 aromatic carbocycles. The Balaban J connectivity index is 2.14. The predicted molar refractivity (Wildman–Crippen MR) is 65.9 cm³/mol. The fourth-order valence-electron chi connectivity index (χ4n) is 2.36. The summed E-state index contributed by atoms with van der Waals surface area (Å²) in [5.41, 5.74) is 0.160. The van der Waals surface area contributed by atoms with Crippen molar-refractivity contribution < 1.29 is 12.8 Å². The lowest BCUT2D eigenvalue weighted by Crippen LogP contribution is -2.33. The van der Waals surface area contributed by atoms with E-state index in [4.69, 9.17) is 0 Å². The van der Waals surface area contributed by atoms with E-state index >= 15 is 0 Å². The van der Waals surface area contributed by atoms with E-state index in [2.05, 4.69) is 23.6 Å². The molecule has 0 saturated heterocycles. The van der Waals surface area contributed by atoms with Crippen molar-refractivity contribution in [2.24, 2.45) is 5.41 Å². The Labute approximate surface area is 107 Å². The molecule has 1 saturated carbocycles. The van der Waals surface area contributed by atoms with Gasteiger partial charge < -0.3 is 0 Å². The number of pyridine rings is 1. The van der Waals surface area contributed by atoms with Gasteiger partial charge in [-0.05, 0) is 30.7 Å². The summed E-state index contributed by atoms with van der Waals surface area (Å²) in [5, 5.41) is 0. The maximum atomic E-state index is 13.0. The molecular weight excluding hydrogens is 255 g/mol. The minimum absolute atomic E-state index is 0.0757. The first-order chi connectivity index (χ1) is 8.28. The van der Waals surface area contributed by atoms with E-state index in [0.717, 1.165) is 37.7 Å². The van der Waals surface area contributed by atoms with Gasteiger partial charge >= 0.3 is 0 Å². The maximum absolute atomic E-state index is 13.0. The molecular formula is C12H17FN2O2S. The van der Waals surface area contributed by atoms with E-state index in [0.29, 0.717) is 0 Å². The van der Waals surface area contributed by atoms with Gasteiger partial charge in [0.15, 0.2) is 0 Å². The normalized spacial score (nSPS) is 23.2. The third-order valence-corrected chi connectivity index (χ3v) is 4.77. The fourth-order valence-corrected chi connectivity index (χ4v) is 3.61. The minimum atomic E-state index is -3.67. The van der Waals surface area contributed by atoms with Gasteiger partial charge in [-0.1, -0.05) is 13.8 Å². The van der Waals surface area contributed by atoms with E-state index in [-0.39, 0.29) is 16.4 Å². The molecule has 1 aromatic heterocycles. The quantitative estimate of drug-likeness (QED) is 0.916. The van der Waals surface area contributed by atoms with Crippen LogP contribution in [0.1, 0.15) is 33.1 Å². The molecule has 2 rings (SSSR count). The highest BCUT2D eigenvalue weighted by molar-refractivity contribution is 7.89. The summed E-state index contributed by atoms with van der Waals surface area (Å²) in [4.78, 5) is 3.44. The number of rotatable bonds is 3. The number of hydrogen-bond donors (Lipinski definition) is 1. The van der Waals surface area contributed by atoms with Crippen LogP contribution in [0, 0.1) is 11.2 Å². The third-order valence-electron chi connectivity index (χ3n) is 3.28. The molecule has 0 spiro atoms. The molecule has 0 radical (unpaired) electrons. The number of aromatic nitrogens is 1. The molecule has 0 aliphatic heterocycles. The first kappa shape index (κ1) is 13.4. The maximum Gasteiger partial charge on any atom is 0.242 e. The van der Waals surface area contributed by atoms with Crippen LogP contribution in [0.15, 0.2) is 23.4 Å². The molecule has 1 atom stereocenters. The second kappa shape index (κ2) is 4.59. The van der Waals surface area contributed by atoms with Crippen molar-refractivity contribution in [3.63, 3.8) is 0 Å². The van der Waals surface area contributed by atoms with Crippen LogP contribution >= 0.6 is 0 Å². The van der Waals surface area contributed by atoms with Crippen molar-refractivity contribution in [1.82, 2.24) is 9.71 Å². The molecule has 0 amide bonds. The van der Waals surface area contributed by atoms with Crippen LogP contribution in [-0.4, -0.2) is 19.4 Å². The molecule has 1 aliphatic rings. The fraction of sp³-hybridized carbons (Fsp3) is 0.583. The highest BCUT2D eigenvalue weighted by Crippen LogP contribution is 2.37. The second-order valence-corrected chi connectivity index (χ2v) is 7.28. The van der Waals surface area contributed by atoms with E-state index in [1.807, 2.05) is 0 Å². The van der Waals surface area contributed by atoms with Gasteiger partial charge in [0.1, 0.15) is 10.7 Å². The van der Waals surface area contributed by atoms with Gasteiger partial charge in [0.05, 0.1) is 6.20 Å². The van der Waals surface area contributed by atoms with Gasteiger partial charge in [0, 0.05) is 12.2 Å². The van der Waals surface area contributed by atoms with Gasteiger partial charge in [0.25, 0.3) is 0 Å². The van der Waals surface area contributed by atoms with Crippen molar-refractivity contribution in [3.8, 4) is 0 Å². The summed E-state index contributed by atoms with van der Waals surface area (Å²) in [6.07, 6.45) is 4.74. The van der Waals surface area contributed by atoms with E-state index < -0.39 is 15.8 Å². The Morgan fingerprint density at radius 3 is 2.72 bits per heavy atom. The zero-order valence-corrected chi connectivity index (χ0v) is 11.3. The third kappa shape index (κ3) is 3.05. The minimum Gasteiger partial charge on any atom is -0.260 e. The number of nitrogens with one attached hydrogen (secondary N) is 1. The van der Waals surface area contributed by atoms with Crippen LogP contribution in [0.5, 0.6) is 0 Å². The average Bonchev–Trinajstić information content (AvgIpc) is 2.57. The summed E-state index contributed by atoms with van der Waals surface area (Å²) in [6, 6.07) is 0.906. The number of halogens is 1. The van der Waals surface area contributed by atoms with Crippen molar-refractivity contribution in [3.05, 3.63) is 24.3 Å².